The lowest BCUT2D eigenvalue weighted by Crippen LogP contribution is -2.37. The molecular weight excluding hydrogens is 255 g/mol. The van der Waals surface area contributed by atoms with Crippen molar-refractivity contribution < 1.29 is 12.8 Å². The van der Waals surface area contributed by atoms with Gasteiger partial charge >= 0.3 is 0 Å². The van der Waals surface area contributed by atoms with Crippen molar-refractivity contribution in [3.8, 4) is 0 Å². The number of sulfonamides is 1. The number of rotatable bonds is 4. The summed E-state index contributed by atoms with van der Waals surface area (Å²) in [4.78, 5) is 0.0958. The molecule has 0 amide bonds. The molecule has 2 rings (SSSR count). The van der Waals surface area contributed by atoms with Gasteiger partial charge in [-0.1, -0.05) is 6.92 Å². The topological polar surface area (TPSA) is 58.2 Å². The SMILES string of the molecule is CC1(CNS(=O)(=O)c2ccc(F)cc2)CCNC1. The minimum Gasteiger partial charge on any atom is -0.316 e. The summed E-state index contributed by atoms with van der Waals surface area (Å²) in [7, 11) is -3.55. The number of benzene rings is 1. The van der Waals surface area contributed by atoms with Gasteiger partial charge in [0.2, 0.25) is 10.0 Å². The maximum absolute atomic E-state index is 12.7. The van der Waals surface area contributed by atoms with Crippen LogP contribution in [0.5, 0.6) is 0 Å². The quantitative estimate of drug-likeness (QED) is 0.863. The zero-order valence-electron chi connectivity index (χ0n) is 10.2. The Labute approximate surface area is 107 Å². The normalized spacial score (nSPS) is 24.3. The first-order valence-corrected chi connectivity index (χ1v) is 7.36. The minimum absolute atomic E-state index is 0.0485. The molecule has 0 radical (unpaired) electrons. The van der Waals surface area contributed by atoms with E-state index in [-0.39, 0.29) is 10.3 Å². The van der Waals surface area contributed by atoms with Crippen molar-refractivity contribution in [3.05, 3.63) is 30.1 Å². The Balaban J connectivity index is 2.05. The number of nitrogens with one attached hydrogen (secondary N) is 2. The van der Waals surface area contributed by atoms with Crippen LogP contribution in [0.1, 0.15) is 13.3 Å². The molecule has 0 spiro atoms. The Hall–Kier alpha value is -0.980. The molecule has 1 unspecified atom stereocenters. The third-order valence-electron chi connectivity index (χ3n) is 3.27. The molecule has 0 aliphatic carbocycles. The van der Waals surface area contributed by atoms with Crippen molar-refractivity contribution in [2.75, 3.05) is 19.6 Å². The van der Waals surface area contributed by atoms with Crippen LogP contribution in [0, 0.1) is 11.2 Å². The lowest BCUT2D eigenvalue weighted by Gasteiger charge is -2.22. The van der Waals surface area contributed by atoms with Gasteiger partial charge in [-0.3, -0.25) is 0 Å². The molecular formula is C12H17FN2O2S. The summed E-state index contributed by atoms with van der Waals surface area (Å²) in [6.07, 6.45) is 0.943. The first-order chi connectivity index (χ1) is 8.41. The Bertz CT molecular complexity index is 507. The van der Waals surface area contributed by atoms with Gasteiger partial charge in [-0.2, -0.15) is 0 Å². The van der Waals surface area contributed by atoms with Gasteiger partial charge < -0.3 is 5.32 Å². The fourth-order valence-electron chi connectivity index (χ4n) is 1.99. The standard InChI is InChI=1S/C12H17FN2O2S/c1-12(6-7-14-8-12)9-15-18(16,17)11-4-2-10(13)3-5-11/h2-5,14-15H,6-9H2,1H3. The van der Waals surface area contributed by atoms with Crippen molar-refractivity contribution in [2.24, 2.45) is 5.41 Å². The molecule has 2 N–H and O–H groups in total. The summed E-state index contributed by atoms with van der Waals surface area (Å²) in [5.41, 5.74) is -0.0485. The summed E-state index contributed by atoms with van der Waals surface area (Å²) in [6, 6.07) is 4.83. The van der Waals surface area contributed by atoms with Crippen LogP contribution in [0.4, 0.5) is 4.39 Å². The average molecular weight is 272 g/mol. The summed E-state index contributed by atoms with van der Waals surface area (Å²) >= 11 is 0. The Morgan fingerprint density at radius 2 is 2.06 bits per heavy atom. The average Bonchev–Trinajstić information content (AvgIpc) is 2.75. The summed E-state index contributed by atoms with van der Waals surface area (Å²) in [6.45, 7) is 4.15. The van der Waals surface area contributed by atoms with Crippen LogP contribution in [0.2, 0.25) is 0 Å². The summed E-state index contributed by atoms with van der Waals surface area (Å²) in [5, 5.41) is 3.21. The van der Waals surface area contributed by atoms with Crippen LogP contribution in [0.25, 0.3) is 0 Å². The number of halogens is 1. The molecule has 0 bridgehead atoms. The van der Waals surface area contributed by atoms with Crippen LogP contribution in [0.3, 0.4) is 0 Å². The summed E-state index contributed by atoms with van der Waals surface area (Å²) in [5.74, 6) is -0.444. The molecule has 0 saturated carbocycles. The number of hydrogen-bond donors (Lipinski definition) is 2. The lowest BCUT2D eigenvalue weighted by molar-refractivity contribution is 0.363. The van der Waals surface area contributed by atoms with E-state index in [1.165, 1.54) is 12.1 Å². The van der Waals surface area contributed by atoms with E-state index >= 15 is 0 Å². The molecule has 18 heavy (non-hydrogen) atoms. The van der Waals surface area contributed by atoms with Gasteiger partial charge in [0, 0.05) is 13.1 Å². The molecule has 1 fully saturated rings. The molecule has 1 atom stereocenters. The van der Waals surface area contributed by atoms with Crippen molar-refractivity contribution in [3.63, 3.8) is 0 Å². The van der Waals surface area contributed by atoms with Gasteiger partial charge in [-0.15, -0.1) is 0 Å². The maximum Gasteiger partial charge on any atom is 0.240 e. The van der Waals surface area contributed by atoms with E-state index in [9.17, 15) is 12.8 Å². The van der Waals surface area contributed by atoms with Crippen molar-refractivity contribution >= 4 is 10.0 Å². The molecule has 1 aromatic carbocycles. The molecule has 1 aliphatic rings. The van der Waals surface area contributed by atoms with E-state index in [0.29, 0.717) is 6.54 Å². The second kappa shape index (κ2) is 4.95. The molecule has 1 heterocycles. The smallest absolute Gasteiger partial charge is 0.240 e. The van der Waals surface area contributed by atoms with Crippen LogP contribution >= 0.6 is 0 Å². The Morgan fingerprint density at radius 1 is 1.39 bits per heavy atom. The second-order valence-corrected chi connectivity index (χ2v) is 6.78. The van der Waals surface area contributed by atoms with Gasteiger partial charge in [-0.05, 0) is 42.6 Å². The zero-order valence-corrected chi connectivity index (χ0v) is 11.1. The molecule has 4 nitrogen and oxygen atoms in total. The maximum atomic E-state index is 12.7. The first kappa shape index (κ1) is 13.5. The largest absolute Gasteiger partial charge is 0.316 e. The Kier molecular flexibility index (Phi) is 3.70. The summed E-state index contributed by atoms with van der Waals surface area (Å²) < 4.78 is 39.3. The molecule has 100 valence electrons. The zero-order chi connectivity index (χ0) is 13.2. The fourth-order valence-corrected chi connectivity index (χ4v) is 3.19. The van der Waals surface area contributed by atoms with E-state index < -0.39 is 15.8 Å². The molecule has 1 saturated heterocycles. The van der Waals surface area contributed by atoms with E-state index in [1.54, 1.807) is 0 Å². The minimum atomic E-state index is -3.55. The lowest BCUT2D eigenvalue weighted by atomic mass is 9.90. The monoisotopic (exact) mass is 272 g/mol. The van der Waals surface area contributed by atoms with Gasteiger partial charge in [0.1, 0.15) is 5.82 Å². The highest BCUT2D eigenvalue weighted by Gasteiger charge is 2.30. The predicted octanol–water partition coefficient (Wildman–Crippen LogP) is 1.10. The highest BCUT2D eigenvalue weighted by atomic mass is 32.2. The highest BCUT2D eigenvalue weighted by molar-refractivity contribution is 7.89. The van der Waals surface area contributed by atoms with E-state index in [4.69, 9.17) is 0 Å². The van der Waals surface area contributed by atoms with Crippen molar-refractivity contribution in [2.45, 2.75) is 18.2 Å². The van der Waals surface area contributed by atoms with Gasteiger partial charge in [0.15, 0.2) is 0 Å². The van der Waals surface area contributed by atoms with Gasteiger partial charge in [-0.25, -0.2) is 17.5 Å². The fraction of sp³-hybridized carbons (Fsp3) is 0.500. The number of hydrogen-bond acceptors (Lipinski definition) is 3. The molecule has 0 aromatic heterocycles. The molecule has 6 heteroatoms. The molecule has 1 aliphatic heterocycles. The van der Waals surface area contributed by atoms with Crippen LogP contribution in [0.15, 0.2) is 29.2 Å². The van der Waals surface area contributed by atoms with Crippen LogP contribution in [-0.4, -0.2) is 28.1 Å². The Morgan fingerprint density at radius 3 is 2.61 bits per heavy atom. The van der Waals surface area contributed by atoms with Crippen LogP contribution < -0.4 is 10.0 Å². The second-order valence-electron chi connectivity index (χ2n) is 5.02. The first-order valence-electron chi connectivity index (χ1n) is 5.87. The third-order valence-corrected chi connectivity index (χ3v) is 4.69. The van der Waals surface area contributed by atoms with Crippen molar-refractivity contribution in [1.29, 1.82) is 0 Å². The molecule has 1 aromatic rings. The predicted molar refractivity (Wildman–Crippen MR) is 67.2 cm³/mol. The van der Waals surface area contributed by atoms with E-state index in [1.807, 2.05) is 6.92 Å². The van der Waals surface area contributed by atoms with E-state index in [2.05, 4.69) is 10.0 Å². The van der Waals surface area contributed by atoms with Gasteiger partial charge in [0.05, 0.1) is 4.90 Å². The third kappa shape index (κ3) is 3.07. The highest BCUT2D eigenvalue weighted by Crippen LogP contribution is 2.23. The van der Waals surface area contributed by atoms with Crippen LogP contribution in [-0.2, 0) is 10.0 Å². The van der Waals surface area contributed by atoms with E-state index in [0.717, 1.165) is 31.6 Å². The van der Waals surface area contributed by atoms with Gasteiger partial charge in [0.25, 0.3) is 0 Å². The van der Waals surface area contributed by atoms with Crippen molar-refractivity contribution in [1.82, 2.24) is 10.0 Å².